The molecule has 0 aliphatic carbocycles. The van der Waals surface area contributed by atoms with E-state index in [2.05, 4.69) is 79.5 Å². The molecule has 8 heterocycles. The van der Waals surface area contributed by atoms with E-state index in [1.165, 1.54) is 93.2 Å². The van der Waals surface area contributed by atoms with Crippen molar-refractivity contribution in [3.8, 4) is 34.7 Å². The molecule has 0 spiro atoms. The number of nitrogens with one attached hydrogen (secondary N) is 1. The highest BCUT2D eigenvalue weighted by Crippen LogP contribution is 2.20. The van der Waals surface area contributed by atoms with E-state index in [1.807, 2.05) is 24.3 Å². The number of hydrogen-bond acceptors (Lipinski definition) is 20. The molecule has 2 aromatic carbocycles. The molecule has 0 saturated carbocycles. The first kappa shape index (κ1) is 51.2. The number of nitrogen functional groups attached to an aromatic ring is 2. The summed E-state index contributed by atoms with van der Waals surface area (Å²) in [5.41, 5.74) is 19.7. The maximum atomic E-state index is 11.4. The van der Waals surface area contributed by atoms with Gasteiger partial charge >= 0.3 is 0 Å². The zero-order valence-electron chi connectivity index (χ0n) is 40.7. The number of piperidine rings is 2. The lowest BCUT2D eigenvalue weighted by atomic mass is 10.1. The number of rotatable bonds is 19. The molecule has 72 heavy (non-hydrogen) atoms. The van der Waals surface area contributed by atoms with Crippen molar-refractivity contribution in [1.82, 2.24) is 58.9 Å². The van der Waals surface area contributed by atoms with Gasteiger partial charge in [0.05, 0.1) is 25.7 Å². The molecule has 2 saturated heterocycles. The lowest BCUT2D eigenvalue weighted by molar-refractivity contribution is 0.205. The second-order valence-electron chi connectivity index (χ2n) is 17.5. The topological polar surface area (TPSA) is 287 Å². The quantitative estimate of drug-likeness (QED) is 0.0730. The minimum absolute atomic E-state index is 0.0410. The number of fused-ring (bicyclic) bond motifs is 2. The number of sulfone groups is 1. The maximum absolute atomic E-state index is 11.4. The van der Waals surface area contributed by atoms with Crippen LogP contribution in [0.5, 0.6) is 11.5 Å². The van der Waals surface area contributed by atoms with Crippen LogP contribution in [0.1, 0.15) is 62.5 Å². The molecule has 2 aliphatic rings. The van der Waals surface area contributed by atoms with Gasteiger partial charge in [-0.05, 0) is 144 Å². The molecule has 0 radical (unpaired) electrons. The van der Waals surface area contributed by atoms with Crippen LogP contribution in [0.15, 0.2) is 99.3 Å². The van der Waals surface area contributed by atoms with E-state index in [0.29, 0.717) is 42.2 Å². The molecule has 0 bridgehead atoms. The Labute approximate surface area is 418 Å². The Bertz CT molecular complexity index is 2990. The molecular weight excluding hydrogens is 941 g/mol. The molecule has 22 nitrogen and oxygen atoms in total. The Morgan fingerprint density at radius 3 is 1.57 bits per heavy atom. The number of hydrogen-bond donors (Lipinski definition) is 4. The van der Waals surface area contributed by atoms with Crippen molar-refractivity contribution >= 4 is 39.2 Å². The van der Waals surface area contributed by atoms with Gasteiger partial charge in [0.25, 0.3) is 16.7 Å². The lowest BCUT2D eigenvalue weighted by Gasteiger charge is -2.26. The van der Waals surface area contributed by atoms with Gasteiger partial charge in [0.15, 0.2) is 11.5 Å². The van der Waals surface area contributed by atoms with Crippen molar-refractivity contribution in [3.05, 3.63) is 96.4 Å². The van der Waals surface area contributed by atoms with Gasteiger partial charge < -0.3 is 50.6 Å². The normalized spacial score (nSPS) is 14.4. The van der Waals surface area contributed by atoms with Crippen LogP contribution in [-0.4, -0.2) is 139 Å². The predicted molar refractivity (Wildman–Crippen MR) is 273 cm³/mol. The molecule has 2 fully saturated rings. The molecule has 0 amide bonds. The minimum atomic E-state index is -3.57. The molecule has 0 unspecified atom stereocenters. The van der Waals surface area contributed by atoms with Crippen molar-refractivity contribution in [2.45, 2.75) is 69.4 Å². The van der Waals surface area contributed by atoms with Crippen LogP contribution in [0.4, 0.5) is 17.8 Å². The summed E-state index contributed by atoms with van der Waals surface area (Å²) in [4.78, 5) is 29.7. The van der Waals surface area contributed by atoms with Crippen LogP contribution in [0, 0.1) is 0 Å². The Kier molecular flexibility index (Phi) is 17.9. The summed E-state index contributed by atoms with van der Waals surface area (Å²) in [6.45, 7) is 10.2. The summed E-state index contributed by atoms with van der Waals surface area (Å²) >= 11 is 0. The molecular formula is C49H64N16O6S. The van der Waals surface area contributed by atoms with Crippen LogP contribution in [0.25, 0.3) is 34.7 Å². The fraction of sp³-hybridized carbons (Fsp3) is 0.429. The summed E-state index contributed by atoms with van der Waals surface area (Å²) in [5.74, 6) is 4.43. The van der Waals surface area contributed by atoms with Crippen molar-refractivity contribution in [2.75, 3.05) is 88.6 Å². The summed E-state index contributed by atoms with van der Waals surface area (Å²) in [5, 5.41) is 11.2. The Hall–Kier alpha value is -7.21. The Morgan fingerprint density at radius 1 is 0.611 bits per heavy atom. The van der Waals surface area contributed by atoms with Crippen molar-refractivity contribution < 1.29 is 26.7 Å². The van der Waals surface area contributed by atoms with Gasteiger partial charge in [0.2, 0.25) is 39.3 Å². The molecule has 23 heteroatoms. The molecule has 382 valence electrons. The fourth-order valence-corrected chi connectivity index (χ4v) is 8.68. The van der Waals surface area contributed by atoms with Crippen molar-refractivity contribution in [2.24, 2.45) is 5.73 Å². The van der Waals surface area contributed by atoms with Crippen molar-refractivity contribution in [3.63, 3.8) is 0 Å². The third-order valence-electron chi connectivity index (χ3n) is 11.9. The molecule has 8 aromatic rings. The highest BCUT2D eigenvalue weighted by Gasteiger charge is 2.19. The lowest BCUT2D eigenvalue weighted by Crippen LogP contribution is -2.31. The minimum Gasteiger partial charge on any atom is -0.494 e. The Balaban J connectivity index is 0.000000156. The third kappa shape index (κ3) is 14.7. The standard InChI is InChI=1S/C24H30N8O2.C16H26N2O.C9H8N6O3S/c25-22-28-23(29-24-27-21(30-32(22)24)20-6-4-16-34-20)26-12-11-18-7-9-19(10-8-18)33-17-5-15-31-13-2-1-3-14-31;17-10-9-15-5-7-16(8-6-15)19-14-4-13-18-11-2-1-3-12-18;1-19(16,17)9-12-7(10)15-8(13-9)11-6(14-15)5-3-2-4-18-5/h4,6-10,16H,1-3,5,11-15,17H2,(H3,25,26,27,28,29,30);5-8H,1-4,9-14,17H2;2-4H,1H3,(H2,10,11,12,13,14). The Morgan fingerprint density at radius 2 is 1.10 bits per heavy atom. The number of benzene rings is 2. The van der Waals surface area contributed by atoms with Crippen LogP contribution in [0.3, 0.4) is 0 Å². The summed E-state index contributed by atoms with van der Waals surface area (Å²) < 4.78 is 47.5. The molecule has 0 atom stereocenters. The second kappa shape index (κ2) is 25.3. The SMILES string of the molecule is CS(=O)(=O)c1nc(N)n2nc(-c3ccco3)nc2n1.NCCc1ccc(OCCCN2CCCCC2)cc1.Nc1nc(NCCc2ccc(OCCCN3CCCCC3)cc2)nc2nc(-c3ccco3)nn12. The summed E-state index contributed by atoms with van der Waals surface area (Å²) in [7, 11) is -3.57. The second-order valence-corrected chi connectivity index (χ2v) is 19.4. The van der Waals surface area contributed by atoms with E-state index in [9.17, 15) is 8.42 Å². The van der Waals surface area contributed by atoms with E-state index in [0.717, 1.165) is 67.7 Å². The number of furan rings is 2. The van der Waals surface area contributed by atoms with E-state index in [4.69, 9.17) is 35.5 Å². The van der Waals surface area contributed by atoms with Crippen molar-refractivity contribution in [1.29, 1.82) is 0 Å². The molecule has 6 aromatic heterocycles. The third-order valence-corrected chi connectivity index (χ3v) is 12.8. The number of ether oxygens (including phenoxy) is 2. The van der Waals surface area contributed by atoms with Gasteiger partial charge in [-0.15, -0.1) is 10.2 Å². The first-order chi connectivity index (χ1) is 35.1. The smallest absolute Gasteiger partial charge is 0.259 e. The van der Waals surface area contributed by atoms with Gasteiger partial charge in [-0.3, -0.25) is 0 Å². The molecule has 2 aliphatic heterocycles. The van der Waals surface area contributed by atoms with E-state index >= 15 is 0 Å². The first-order valence-corrected chi connectivity index (χ1v) is 26.4. The fourth-order valence-electron chi connectivity index (χ4n) is 8.17. The predicted octanol–water partition coefficient (Wildman–Crippen LogP) is 5.48. The zero-order chi connectivity index (χ0) is 50.1. The zero-order valence-corrected chi connectivity index (χ0v) is 41.5. The monoisotopic (exact) mass is 1000 g/mol. The summed E-state index contributed by atoms with van der Waals surface area (Å²) in [6.07, 6.45) is 16.1. The average molecular weight is 1010 g/mol. The first-order valence-electron chi connectivity index (χ1n) is 24.5. The van der Waals surface area contributed by atoms with E-state index in [-0.39, 0.29) is 23.5 Å². The number of likely N-dealkylation sites (tertiary alicyclic amines) is 2. The average Bonchev–Trinajstić information content (AvgIpc) is 4.25. The van der Waals surface area contributed by atoms with Gasteiger partial charge in [-0.2, -0.15) is 38.9 Å². The van der Waals surface area contributed by atoms with Crippen LogP contribution in [0.2, 0.25) is 0 Å². The largest absolute Gasteiger partial charge is 0.494 e. The van der Waals surface area contributed by atoms with Gasteiger partial charge in [0.1, 0.15) is 11.5 Å². The van der Waals surface area contributed by atoms with E-state index in [1.54, 1.807) is 30.5 Å². The number of anilines is 3. The number of nitrogens with zero attached hydrogens (tertiary/aromatic N) is 12. The highest BCUT2D eigenvalue weighted by atomic mass is 32.2. The van der Waals surface area contributed by atoms with Crippen LogP contribution >= 0.6 is 0 Å². The summed E-state index contributed by atoms with van der Waals surface area (Å²) in [6, 6.07) is 23.4. The number of nitrogens with two attached hydrogens (primary N) is 3. The molecule has 10 rings (SSSR count). The van der Waals surface area contributed by atoms with E-state index < -0.39 is 15.0 Å². The maximum Gasteiger partial charge on any atom is 0.259 e. The van der Waals surface area contributed by atoms with Gasteiger partial charge in [0, 0.05) is 25.9 Å². The number of aromatic nitrogens is 10. The molecule has 7 N–H and O–H groups in total. The van der Waals surface area contributed by atoms with Crippen LogP contribution in [-0.2, 0) is 22.7 Å². The van der Waals surface area contributed by atoms with Gasteiger partial charge in [-0.25, -0.2) is 8.42 Å². The van der Waals surface area contributed by atoms with Gasteiger partial charge in [-0.1, -0.05) is 37.1 Å². The van der Waals surface area contributed by atoms with Crippen LogP contribution < -0.4 is 32.0 Å². The highest BCUT2D eigenvalue weighted by molar-refractivity contribution is 7.90.